The Morgan fingerprint density at radius 1 is 1.75 bits per heavy atom. The third kappa shape index (κ3) is 9.39. The second-order valence-electron chi connectivity index (χ2n) is 1.25. The molecule has 0 aromatic heterocycles. The molecule has 0 aliphatic carbocycles. The van der Waals surface area contributed by atoms with E-state index in [1.165, 1.54) is 0 Å². The molecule has 0 heterocycles. The molecule has 0 saturated heterocycles. The van der Waals surface area contributed by atoms with Crippen LogP contribution in [0.4, 0.5) is 0 Å². The Morgan fingerprint density at radius 3 is 2.12 bits per heavy atom. The van der Waals surface area contributed by atoms with Crippen LogP contribution < -0.4 is 0 Å². The van der Waals surface area contributed by atoms with E-state index in [1.54, 1.807) is 0 Å². The Kier molecular flexibility index (Phi) is 7.05. The summed E-state index contributed by atoms with van der Waals surface area (Å²) >= 11 is 0. The van der Waals surface area contributed by atoms with Crippen LogP contribution in [0.3, 0.4) is 0 Å². The normalized spacial score (nSPS) is 11.8. The van der Waals surface area contributed by atoms with Gasteiger partial charge in [-0.3, -0.25) is 4.79 Å². The first-order valence-corrected chi connectivity index (χ1v) is 1.86. The first-order valence-electron chi connectivity index (χ1n) is 1.86. The number of hydrogen-bond donors (Lipinski definition) is 2. The summed E-state index contributed by atoms with van der Waals surface area (Å²) in [5.41, 5.74) is 0. The van der Waals surface area contributed by atoms with Gasteiger partial charge in [0.05, 0.1) is 12.5 Å². The van der Waals surface area contributed by atoms with Gasteiger partial charge in [-0.25, -0.2) is 0 Å². The van der Waals surface area contributed by atoms with Gasteiger partial charge >= 0.3 is 24.8 Å². The molecule has 1 unspecified atom stereocenters. The van der Waals surface area contributed by atoms with Crippen LogP contribution in [0.2, 0.25) is 0 Å². The predicted octanol–water partition coefficient (Wildman–Crippen LogP) is -0.992. The third-order valence-electron chi connectivity index (χ3n) is 0.410. The maximum absolute atomic E-state index is 9.61. The van der Waals surface area contributed by atoms with Crippen molar-refractivity contribution >= 4 is 24.8 Å². The van der Waals surface area contributed by atoms with Crippen molar-refractivity contribution in [1.82, 2.24) is 0 Å². The van der Waals surface area contributed by atoms with Crippen molar-refractivity contribution in [3.05, 3.63) is 6.92 Å². The Morgan fingerprint density at radius 2 is 2.12 bits per heavy atom. The molecule has 0 spiro atoms. The van der Waals surface area contributed by atoms with E-state index in [4.69, 9.17) is 10.2 Å². The molecule has 0 bridgehead atoms. The molecule has 0 aromatic rings. The predicted molar refractivity (Wildman–Crippen MR) is 30.8 cm³/mol. The molecule has 0 aliphatic rings. The molecule has 4 heteroatoms. The molecular weight excluding hydrogens is 103 g/mol. The van der Waals surface area contributed by atoms with Crippen LogP contribution in [0.1, 0.15) is 6.42 Å². The maximum atomic E-state index is 9.61. The summed E-state index contributed by atoms with van der Waals surface area (Å²) in [6, 6.07) is 0. The van der Waals surface area contributed by atoms with Crippen molar-refractivity contribution in [2.75, 3.05) is 0 Å². The summed E-state index contributed by atoms with van der Waals surface area (Å²) in [5, 5.41) is 16.1. The molecular formula is C4H8LiO3. The van der Waals surface area contributed by atoms with Crippen molar-refractivity contribution in [2.45, 2.75) is 12.5 Å². The molecule has 0 saturated carbocycles. The van der Waals surface area contributed by atoms with Gasteiger partial charge in [0.15, 0.2) is 0 Å². The van der Waals surface area contributed by atoms with E-state index in [0.29, 0.717) is 0 Å². The minimum atomic E-state index is -1.03. The van der Waals surface area contributed by atoms with E-state index < -0.39 is 12.1 Å². The number of rotatable bonds is 2. The number of aliphatic carboxylic acids is 1. The van der Waals surface area contributed by atoms with E-state index in [-0.39, 0.29) is 25.3 Å². The molecule has 0 aliphatic heterocycles. The fourth-order valence-electron chi connectivity index (χ4n) is 0.202. The van der Waals surface area contributed by atoms with Gasteiger partial charge < -0.3 is 10.2 Å². The first kappa shape index (κ1) is 10.9. The van der Waals surface area contributed by atoms with E-state index >= 15 is 0 Å². The molecule has 1 radical (unpaired) electrons. The second kappa shape index (κ2) is 5.17. The van der Waals surface area contributed by atoms with Crippen molar-refractivity contribution in [3.63, 3.8) is 0 Å². The molecule has 0 rings (SSSR count). The summed E-state index contributed by atoms with van der Waals surface area (Å²) in [5.74, 6) is -1.03. The van der Waals surface area contributed by atoms with Crippen LogP contribution in [0.5, 0.6) is 0 Å². The van der Waals surface area contributed by atoms with Gasteiger partial charge in [0.25, 0.3) is 0 Å². The van der Waals surface area contributed by atoms with Gasteiger partial charge in [0.2, 0.25) is 0 Å². The van der Waals surface area contributed by atoms with Gasteiger partial charge in [-0.2, -0.15) is 0 Å². The number of carboxylic acid groups (broad SMARTS) is 1. The number of carbonyl (C=O) groups is 1. The molecule has 1 atom stereocenters. The average Bonchev–Trinajstić information content (AvgIpc) is 1.27. The summed E-state index contributed by atoms with van der Waals surface area (Å²) in [6.07, 6.45) is -1.25. The van der Waals surface area contributed by atoms with Gasteiger partial charge in [0, 0.05) is 0 Å². The Hall–Kier alpha value is 0.0274. The van der Waals surface area contributed by atoms with Crippen LogP contribution in [0, 0.1) is 6.92 Å². The van der Waals surface area contributed by atoms with Gasteiger partial charge in [0.1, 0.15) is 0 Å². The van der Waals surface area contributed by atoms with Crippen LogP contribution in [-0.4, -0.2) is 41.1 Å². The Balaban J connectivity index is 0. The fourth-order valence-corrected chi connectivity index (χ4v) is 0.202. The van der Waals surface area contributed by atoms with Gasteiger partial charge in [-0.15, -0.1) is 0 Å². The van der Waals surface area contributed by atoms with Gasteiger partial charge in [-0.05, 0) is 6.92 Å². The summed E-state index contributed by atoms with van der Waals surface area (Å²) < 4.78 is 0. The van der Waals surface area contributed by atoms with Crippen LogP contribution >= 0.6 is 0 Å². The molecule has 0 amide bonds. The number of aliphatic hydroxyl groups excluding tert-OH is 1. The van der Waals surface area contributed by atoms with Crippen molar-refractivity contribution in [1.29, 1.82) is 0 Å². The molecule has 43 valence electrons. The van der Waals surface area contributed by atoms with Crippen LogP contribution in [-0.2, 0) is 4.79 Å². The van der Waals surface area contributed by atoms with Crippen LogP contribution in [0.15, 0.2) is 0 Å². The zero-order valence-corrected chi connectivity index (χ0v) is 3.79. The summed E-state index contributed by atoms with van der Waals surface area (Å²) in [6.45, 7) is 3.05. The zero-order valence-electron chi connectivity index (χ0n) is 3.79. The third-order valence-corrected chi connectivity index (χ3v) is 0.410. The molecule has 2 N–H and O–H groups in total. The van der Waals surface area contributed by atoms with E-state index in [1.807, 2.05) is 0 Å². The number of hydrogen-bond acceptors (Lipinski definition) is 2. The Labute approximate surface area is 59.9 Å². The van der Waals surface area contributed by atoms with Crippen molar-refractivity contribution in [2.24, 2.45) is 0 Å². The minimum absolute atomic E-state index is 0. The van der Waals surface area contributed by atoms with Gasteiger partial charge in [-0.1, -0.05) is 0 Å². The average molecular weight is 111 g/mol. The second-order valence-corrected chi connectivity index (χ2v) is 1.25. The zero-order chi connectivity index (χ0) is 5.86. The van der Waals surface area contributed by atoms with Crippen molar-refractivity contribution < 1.29 is 15.0 Å². The number of carboxylic acids is 1. The fraction of sp³-hybridized carbons (Fsp3) is 0.500. The first-order chi connectivity index (χ1) is 3.13. The topological polar surface area (TPSA) is 57.5 Å². The standard InChI is InChI=1S/C4H7O3.Li.H/c1-3(5)2-4(6)7;;/h3,5H,1-2H2,(H,6,7);;. The number of aliphatic hydroxyl groups is 1. The van der Waals surface area contributed by atoms with E-state index in [2.05, 4.69) is 6.92 Å². The Bertz CT molecular complexity index is 71.7. The van der Waals surface area contributed by atoms with E-state index in [9.17, 15) is 4.79 Å². The SMILES string of the molecule is [CH2]C(O)CC(=O)O.[LiH]. The van der Waals surface area contributed by atoms with Crippen molar-refractivity contribution in [3.8, 4) is 0 Å². The molecule has 8 heavy (non-hydrogen) atoms. The quantitative estimate of drug-likeness (QED) is 0.450. The molecule has 3 nitrogen and oxygen atoms in total. The monoisotopic (exact) mass is 111 g/mol. The van der Waals surface area contributed by atoms with Crippen LogP contribution in [0.25, 0.3) is 0 Å². The molecule has 0 fully saturated rings. The summed E-state index contributed by atoms with van der Waals surface area (Å²) in [7, 11) is 0. The summed E-state index contributed by atoms with van der Waals surface area (Å²) in [4.78, 5) is 9.61. The molecule has 0 aromatic carbocycles. The van der Waals surface area contributed by atoms with E-state index in [0.717, 1.165) is 0 Å².